The Balaban J connectivity index is 1.45. The number of aryl methyl sites for hydroxylation is 1. The highest BCUT2D eigenvalue weighted by Gasteiger charge is 2.42. The molecule has 0 spiro atoms. The lowest BCUT2D eigenvalue weighted by molar-refractivity contribution is -0.121. The lowest BCUT2D eigenvalue weighted by Crippen LogP contribution is -2.54. The first-order valence-corrected chi connectivity index (χ1v) is 11.5. The largest absolute Gasteiger partial charge is 0.480 e. The van der Waals surface area contributed by atoms with Gasteiger partial charge in [0.2, 0.25) is 11.8 Å². The Morgan fingerprint density at radius 2 is 1.91 bits per heavy atom. The Labute approximate surface area is 184 Å². The van der Waals surface area contributed by atoms with Crippen LogP contribution in [0.4, 0.5) is 4.39 Å². The number of sulfone groups is 1. The Hall–Kier alpha value is -3.34. The SMILES string of the molecule is COc1nn(-c2cnc(C)nc2)cc1CC(=O)N[C@@H]1CC[C@@H]1S(=O)(=O)c1ccc(F)cc1. The number of nitrogens with zero attached hydrogens (tertiary/aromatic N) is 4. The summed E-state index contributed by atoms with van der Waals surface area (Å²) in [4.78, 5) is 21.0. The Kier molecular flexibility index (Phi) is 5.92. The molecule has 0 radical (unpaired) electrons. The van der Waals surface area contributed by atoms with E-state index in [1.54, 1.807) is 25.5 Å². The summed E-state index contributed by atoms with van der Waals surface area (Å²) >= 11 is 0. The average Bonchev–Trinajstić information content (AvgIpc) is 3.14. The topological polar surface area (TPSA) is 116 Å². The Morgan fingerprint density at radius 1 is 1.22 bits per heavy atom. The second kappa shape index (κ2) is 8.65. The van der Waals surface area contributed by atoms with Gasteiger partial charge in [-0.2, -0.15) is 0 Å². The first-order chi connectivity index (χ1) is 15.3. The molecule has 2 heterocycles. The first kappa shape index (κ1) is 21.9. The summed E-state index contributed by atoms with van der Waals surface area (Å²) in [7, 11) is -2.22. The number of hydrogen-bond acceptors (Lipinski definition) is 7. The molecule has 32 heavy (non-hydrogen) atoms. The van der Waals surface area contributed by atoms with Gasteiger partial charge in [0, 0.05) is 17.8 Å². The number of hydrogen-bond donors (Lipinski definition) is 1. The van der Waals surface area contributed by atoms with Gasteiger partial charge in [0.15, 0.2) is 9.84 Å². The number of carbonyl (C=O) groups excluding carboxylic acids is 1. The molecule has 3 aromatic rings. The molecule has 2 aromatic heterocycles. The van der Waals surface area contributed by atoms with Crippen LogP contribution in [0.2, 0.25) is 0 Å². The van der Waals surface area contributed by atoms with Crippen LogP contribution in [0.1, 0.15) is 24.2 Å². The number of benzene rings is 1. The van der Waals surface area contributed by atoms with Crippen LogP contribution in [0.25, 0.3) is 5.69 Å². The molecule has 9 nitrogen and oxygen atoms in total. The number of rotatable bonds is 7. The van der Waals surface area contributed by atoms with E-state index in [-0.39, 0.29) is 23.1 Å². The average molecular weight is 460 g/mol. The molecule has 0 aliphatic heterocycles. The monoisotopic (exact) mass is 459 g/mol. The molecule has 1 N–H and O–H groups in total. The van der Waals surface area contributed by atoms with Crippen molar-refractivity contribution in [2.75, 3.05) is 7.11 Å². The summed E-state index contributed by atoms with van der Waals surface area (Å²) in [6.45, 7) is 1.77. The molecule has 1 aromatic carbocycles. The minimum atomic E-state index is -3.67. The van der Waals surface area contributed by atoms with Crippen LogP contribution < -0.4 is 10.1 Å². The van der Waals surface area contributed by atoms with E-state index in [9.17, 15) is 17.6 Å². The van der Waals surface area contributed by atoms with Gasteiger partial charge in [0.05, 0.1) is 36.1 Å². The smallest absolute Gasteiger partial charge is 0.236 e. The van der Waals surface area contributed by atoms with Gasteiger partial charge in [-0.1, -0.05) is 0 Å². The summed E-state index contributed by atoms with van der Waals surface area (Å²) in [5.74, 6) is 0.0593. The third-order valence-corrected chi connectivity index (χ3v) is 7.72. The number of carbonyl (C=O) groups is 1. The summed E-state index contributed by atoms with van der Waals surface area (Å²) in [6.07, 6.45) is 5.82. The van der Waals surface area contributed by atoms with Crippen molar-refractivity contribution < 1.29 is 22.3 Å². The van der Waals surface area contributed by atoms with Crippen molar-refractivity contribution in [1.29, 1.82) is 0 Å². The van der Waals surface area contributed by atoms with Crippen LogP contribution in [0.5, 0.6) is 5.88 Å². The quantitative estimate of drug-likeness (QED) is 0.536. The van der Waals surface area contributed by atoms with Gasteiger partial charge in [-0.3, -0.25) is 4.79 Å². The van der Waals surface area contributed by atoms with Crippen molar-refractivity contribution in [2.24, 2.45) is 0 Å². The van der Waals surface area contributed by atoms with E-state index in [2.05, 4.69) is 20.4 Å². The molecule has 4 rings (SSSR count). The van der Waals surface area contributed by atoms with Crippen LogP contribution in [0.15, 0.2) is 47.8 Å². The first-order valence-electron chi connectivity index (χ1n) is 9.98. The van der Waals surface area contributed by atoms with Crippen molar-refractivity contribution in [2.45, 2.75) is 42.4 Å². The second-order valence-corrected chi connectivity index (χ2v) is 9.73. The molecular formula is C21H22FN5O4S. The highest BCUT2D eigenvalue weighted by molar-refractivity contribution is 7.92. The van der Waals surface area contributed by atoms with Crippen LogP contribution in [0.3, 0.4) is 0 Å². The normalized spacial score (nSPS) is 18.1. The molecule has 11 heteroatoms. The second-order valence-electron chi connectivity index (χ2n) is 7.56. The van der Waals surface area contributed by atoms with Gasteiger partial charge in [-0.25, -0.2) is 27.5 Å². The fraction of sp³-hybridized carbons (Fsp3) is 0.333. The van der Waals surface area contributed by atoms with E-state index in [1.165, 1.54) is 23.9 Å². The molecule has 1 fully saturated rings. The van der Waals surface area contributed by atoms with Crippen LogP contribution in [0, 0.1) is 12.7 Å². The zero-order chi connectivity index (χ0) is 22.9. The number of nitrogens with one attached hydrogen (secondary N) is 1. The number of amides is 1. The molecule has 2 atom stereocenters. The molecule has 1 aliphatic carbocycles. The maximum absolute atomic E-state index is 13.1. The number of methoxy groups -OCH3 is 1. The van der Waals surface area contributed by atoms with E-state index < -0.39 is 26.9 Å². The minimum absolute atomic E-state index is 0.0320. The lowest BCUT2D eigenvalue weighted by atomic mass is 9.92. The summed E-state index contributed by atoms with van der Waals surface area (Å²) in [6, 6.07) is 4.21. The summed E-state index contributed by atoms with van der Waals surface area (Å²) in [5, 5.41) is 6.36. The van der Waals surface area contributed by atoms with Gasteiger partial charge in [-0.15, -0.1) is 5.10 Å². The van der Waals surface area contributed by atoms with E-state index in [0.29, 0.717) is 29.9 Å². The molecule has 1 saturated carbocycles. The maximum Gasteiger partial charge on any atom is 0.236 e. The molecule has 168 valence electrons. The van der Waals surface area contributed by atoms with Gasteiger partial charge in [0.1, 0.15) is 17.3 Å². The third kappa shape index (κ3) is 4.33. The molecule has 0 unspecified atom stereocenters. The fourth-order valence-corrected chi connectivity index (χ4v) is 5.51. The van der Waals surface area contributed by atoms with E-state index in [4.69, 9.17) is 4.74 Å². The standard InChI is InChI=1S/C21H22FN5O4S/c1-13-23-10-16(11-24-13)27-12-14(21(26-27)31-2)9-20(28)25-18-7-8-19(18)32(29,30)17-5-3-15(22)4-6-17/h3-6,10-12,18-19H,7-9H2,1-2H3,(H,25,28)/t18-,19+/m1/s1. The highest BCUT2D eigenvalue weighted by Crippen LogP contribution is 2.32. The van der Waals surface area contributed by atoms with Crippen LogP contribution in [-0.2, 0) is 21.1 Å². The molecule has 0 bridgehead atoms. The van der Waals surface area contributed by atoms with Crippen molar-refractivity contribution in [3.05, 3.63) is 60.1 Å². The molecule has 0 saturated heterocycles. The van der Waals surface area contributed by atoms with Crippen molar-refractivity contribution in [3.8, 4) is 11.6 Å². The van der Waals surface area contributed by atoms with Crippen molar-refractivity contribution in [3.63, 3.8) is 0 Å². The maximum atomic E-state index is 13.1. The number of ether oxygens (including phenoxy) is 1. The summed E-state index contributed by atoms with van der Waals surface area (Å²) < 4.78 is 45.6. The van der Waals surface area contributed by atoms with Gasteiger partial charge in [0.25, 0.3) is 0 Å². The third-order valence-electron chi connectivity index (χ3n) is 5.43. The fourth-order valence-electron chi connectivity index (χ4n) is 3.56. The Morgan fingerprint density at radius 3 is 2.50 bits per heavy atom. The zero-order valence-corrected chi connectivity index (χ0v) is 18.3. The van der Waals surface area contributed by atoms with Gasteiger partial charge >= 0.3 is 0 Å². The van der Waals surface area contributed by atoms with Crippen LogP contribution >= 0.6 is 0 Å². The predicted molar refractivity (Wildman–Crippen MR) is 113 cm³/mol. The molecule has 1 aliphatic rings. The van der Waals surface area contributed by atoms with Gasteiger partial charge in [-0.05, 0) is 44.0 Å². The number of halogens is 1. The Bertz CT molecular complexity index is 1230. The van der Waals surface area contributed by atoms with Crippen molar-refractivity contribution in [1.82, 2.24) is 25.1 Å². The molecule has 1 amide bonds. The van der Waals surface area contributed by atoms with Crippen LogP contribution in [-0.4, -0.2) is 52.5 Å². The van der Waals surface area contributed by atoms with E-state index in [1.807, 2.05) is 0 Å². The minimum Gasteiger partial charge on any atom is -0.480 e. The van der Waals surface area contributed by atoms with Crippen molar-refractivity contribution >= 4 is 15.7 Å². The van der Waals surface area contributed by atoms with E-state index in [0.717, 1.165) is 12.1 Å². The highest BCUT2D eigenvalue weighted by atomic mass is 32.2. The molecular weight excluding hydrogens is 437 g/mol. The predicted octanol–water partition coefficient (Wildman–Crippen LogP) is 1.78. The number of aromatic nitrogens is 4. The van der Waals surface area contributed by atoms with E-state index >= 15 is 0 Å². The van der Waals surface area contributed by atoms with Gasteiger partial charge < -0.3 is 10.1 Å². The zero-order valence-electron chi connectivity index (χ0n) is 17.5. The lowest BCUT2D eigenvalue weighted by Gasteiger charge is -2.36. The summed E-state index contributed by atoms with van der Waals surface area (Å²) in [5.41, 5.74) is 1.16.